The van der Waals surface area contributed by atoms with Crippen molar-refractivity contribution in [3.63, 3.8) is 0 Å². The third kappa shape index (κ3) is 3.84. The van der Waals surface area contributed by atoms with Crippen LogP contribution >= 0.6 is 11.8 Å². The summed E-state index contributed by atoms with van der Waals surface area (Å²) in [7, 11) is 0. The number of hydrogen-bond acceptors (Lipinski definition) is 4. The summed E-state index contributed by atoms with van der Waals surface area (Å²) in [5, 5.41) is 13.7. The van der Waals surface area contributed by atoms with Gasteiger partial charge in [0.25, 0.3) is 0 Å². The number of carbonyl (C=O) groups is 1. The Hall–Kier alpha value is -1.04. The summed E-state index contributed by atoms with van der Waals surface area (Å²) >= 11 is 1.39. The molecule has 0 saturated carbocycles. The standard InChI is InChI=1S/C10H18N4OS/c1-5-10(3,4)12-9(15)7(2)16-8-6-11-14-13-8/h6-7H,5H2,1-4H3,(H,12,15)(H,11,13,14)/t7-/m0/s1. The van der Waals surface area contributed by atoms with Gasteiger partial charge in [-0.05, 0) is 27.2 Å². The number of nitrogens with one attached hydrogen (secondary N) is 2. The van der Waals surface area contributed by atoms with E-state index in [1.54, 1.807) is 6.20 Å². The Balaban J connectivity index is 2.48. The van der Waals surface area contributed by atoms with Crippen molar-refractivity contribution in [2.24, 2.45) is 0 Å². The van der Waals surface area contributed by atoms with Crippen LogP contribution < -0.4 is 5.32 Å². The maximum atomic E-state index is 11.9. The lowest BCUT2D eigenvalue weighted by atomic mass is 10.0. The highest BCUT2D eigenvalue weighted by Crippen LogP contribution is 2.20. The van der Waals surface area contributed by atoms with Gasteiger partial charge < -0.3 is 5.32 Å². The van der Waals surface area contributed by atoms with Gasteiger partial charge >= 0.3 is 0 Å². The second-order valence-corrected chi connectivity index (χ2v) is 5.66. The molecule has 0 aromatic carbocycles. The first-order valence-electron chi connectivity index (χ1n) is 5.29. The summed E-state index contributed by atoms with van der Waals surface area (Å²) in [5.41, 5.74) is -0.157. The van der Waals surface area contributed by atoms with Crippen LogP contribution in [0.3, 0.4) is 0 Å². The Labute approximate surface area is 99.8 Å². The van der Waals surface area contributed by atoms with E-state index in [9.17, 15) is 4.79 Å². The van der Waals surface area contributed by atoms with Gasteiger partial charge in [-0.15, -0.1) is 5.10 Å². The minimum Gasteiger partial charge on any atom is -0.350 e. The predicted molar refractivity (Wildman–Crippen MR) is 64.2 cm³/mol. The van der Waals surface area contributed by atoms with Crippen LogP contribution in [-0.2, 0) is 4.79 Å². The molecule has 6 heteroatoms. The van der Waals surface area contributed by atoms with Gasteiger partial charge in [0.05, 0.1) is 11.4 Å². The van der Waals surface area contributed by atoms with Gasteiger partial charge in [0.15, 0.2) is 0 Å². The van der Waals surface area contributed by atoms with Crippen LogP contribution in [0.4, 0.5) is 0 Å². The highest BCUT2D eigenvalue weighted by molar-refractivity contribution is 8.00. The summed E-state index contributed by atoms with van der Waals surface area (Å²) in [6, 6.07) is 0. The zero-order chi connectivity index (χ0) is 12.2. The Morgan fingerprint density at radius 2 is 2.38 bits per heavy atom. The number of aromatic nitrogens is 3. The summed E-state index contributed by atoms with van der Waals surface area (Å²) in [6.07, 6.45) is 2.51. The number of aromatic amines is 1. The van der Waals surface area contributed by atoms with E-state index in [4.69, 9.17) is 0 Å². The molecule has 0 spiro atoms. The largest absolute Gasteiger partial charge is 0.350 e. The molecule has 2 N–H and O–H groups in total. The second-order valence-electron chi connectivity index (χ2n) is 4.30. The van der Waals surface area contributed by atoms with E-state index >= 15 is 0 Å². The summed E-state index contributed by atoms with van der Waals surface area (Å²) < 4.78 is 0. The first-order valence-corrected chi connectivity index (χ1v) is 6.17. The molecule has 90 valence electrons. The molecule has 0 aliphatic carbocycles. The molecule has 0 aliphatic heterocycles. The van der Waals surface area contributed by atoms with Crippen molar-refractivity contribution in [2.45, 2.75) is 49.9 Å². The molecule has 1 aromatic heterocycles. The number of amides is 1. The van der Waals surface area contributed by atoms with Crippen molar-refractivity contribution in [3.8, 4) is 0 Å². The quantitative estimate of drug-likeness (QED) is 0.769. The highest BCUT2D eigenvalue weighted by atomic mass is 32.2. The van der Waals surface area contributed by atoms with Gasteiger partial charge in [-0.2, -0.15) is 10.3 Å². The zero-order valence-corrected chi connectivity index (χ0v) is 10.9. The molecular formula is C10H18N4OS. The van der Waals surface area contributed by atoms with E-state index in [-0.39, 0.29) is 16.7 Å². The van der Waals surface area contributed by atoms with Crippen LogP contribution in [0.15, 0.2) is 11.2 Å². The smallest absolute Gasteiger partial charge is 0.233 e. The third-order valence-corrected chi connectivity index (χ3v) is 3.41. The average molecular weight is 242 g/mol. The zero-order valence-electron chi connectivity index (χ0n) is 10.1. The molecule has 0 aliphatic rings. The molecular weight excluding hydrogens is 224 g/mol. The van der Waals surface area contributed by atoms with Crippen molar-refractivity contribution < 1.29 is 4.79 Å². The fourth-order valence-corrected chi connectivity index (χ4v) is 1.74. The molecule has 0 bridgehead atoms. The van der Waals surface area contributed by atoms with Gasteiger partial charge in [0.1, 0.15) is 5.03 Å². The topological polar surface area (TPSA) is 70.7 Å². The van der Waals surface area contributed by atoms with Gasteiger partial charge in [-0.3, -0.25) is 4.79 Å². The normalized spacial score (nSPS) is 13.5. The van der Waals surface area contributed by atoms with E-state index < -0.39 is 0 Å². The molecule has 0 radical (unpaired) electrons. The number of thioether (sulfide) groups is 1. The highest BCUT2D eigenvalue weighted by Gasteiger charge is 2.22. The lowest BCUT2D eigenvalue weighted by Gasteiger charge is -2.26. The van der Waals surface area contributed by atoms with Crippen LogP contribution in [0.5, 0.6) is 0 Å². The van der Waals surface area contributed by atoms with E-state index in [2.05, 4.69) is 27.7 Å². The van der Waals surface area contributed by atoms with Crippen LogP contribution in [-0.4, -0.2) is 32.1 Å². The minimum atomic E-state index is -0.170. The SMILES string of the molecule is CCC(C)(C)NC(=O)[C@H](C)Sc1cn[nH]n1. The fraction of sp³-hybridized carbons (Fsp3) is 0.700. The Kier molecular flexibility index (Phi) is 4.35. The van der Waals surface area contributed by atoms with E-state index in [1.165, 1.54) is 11.8 Å². The number of hydrogen-bond donors (Lipinski definition) is 2. The van der Waals surface area contributed by atoms with Crippen molar-refractivity contribution in [3.05, 3.63) is 6.20 Å². The van der Waals surface area contributed by atoms with Crippen LogP contribution in [0, 0.1) is 0 Å². The van der Waals surface area contributed by atoms with Crippen molar-refractivity contribution in [2.75, 3.05) is 0 Å². The Morgan fingerprint density at radius 1 is 1.69 bits per heavy atom. The summed E-state index contributed by atoms with van der Waals surface area (Å²) in [5.74, 6) is 0.0276. The summed E-state index contributed by atoms with van der Waals surface area (Å²) in [6.45, 7) is 7.94. The van der Waals surface area contributed by atoms with Crippen molar-refractivity contribution >= 4 is 17.7 Å². The van der Waals surface area contributed by atoms with Crippen LogP contribution in [0.2, 0.25) is 0 Å². The molecule has 16 heavy (non-hydrogen) atoms. The maximum absolute atomic E-state index is 11.9. The van der Waals surface area contributed by atoms with Crippen molar-refractivity contribution in [1.29, 1.82) is 0 Å². The second kappa shape index (κ2) is 5.34. The van der Waals surface area contributed by atoms with Crippen LogP contribution in [0.25, 0.3) is 0 Å². The van der Waals surface area contributed by atoms with Gasteiger partial charge in [0.2, 0.25) is 5.91 Å². The lowest BCUT2D eigenvalue weighted by molar-refractivity contribution is -0.121. The molecule has 1 amide bonds. The molecule has 0 saturated heterocycles. The monoisotopic (exact) mass is 242 g/mol. The minimum absolute atomic E-state index is 0.0276. The van der Waals surface area contributed by atoms with E-state index in [0.717, 1.165) is 11.4 Å². The van der Waals surface area contributed by atoms with E-state index in [1.807, 2.05) is 20.8 Å². The average Bonchev–Trinajstić information content (AvgIpc) is 2.69. The number of H-pyrrole nitrogens is 1. The first kappa shape index (κ1) is 13.0. The number of rotatable bonds is 5. The van der Waals surface area contributed by atoms with Gasteiger partial charge in [-0.1, -0.05) is 18.7 Å². The lowest BCUT2D eigenvalue weighted by Crippen LogP contribution is -2.46. The first-order chi connectivity index (χ1) is 7.44. The number of nitrogens with zero attached hydrogens (tertiary/aromatic N) is 2. The molecule has 1 atom stereocenters. The van der Waals surface area contributed by atoms with Gasteiger partial charge in [-0.25, -0.2) is 0 Å². The molecule has 1 rings (SSSR count). The predicted octanol–water partition coefficient (Wildman–Crippen LogP) is 1.59. The molecule has 0 unspecified atom stereocenters. The van der Waals surface area contributed by atoms with Gasteiger partial charge in [0, 0.05) is 5.54 Å². The molecule has 0 fully saturated rings. The Bertz CT molecular complexity index is 337. The number of carbonyl (C=O) groups excluding carboxylic acids is 1. The van der Waals surface area contributed by atoms with Crippen molar-refractivity contribution in [1.82, 2.24) is 20.7 Å². The summed E-state index contributed by atoms with van der Waals surface area (Å²) in [4.78, 5) is 11.9. The van der Waals surface area contributed by atoms with Crippen LogP contribution in [0.1, 0.15) is 34.1 Å². The Morgan fingerprint density at radius 3 is 2.88 bits per heavy atom. The molecule has 1 heterocycles. The maximum Gasteiger partial charge on any atom is 0.233 e. The molecule has 1 aromatic rings. The molecule has 5 nitrogen and oxygen atoms in total. The fourth-order valence-electron chi connectivity index (χ4n) is 1.01. The van der Waals surface area contributed by atoms with E-state index in [0.29, 0.717) is 0 Å². The third-order valence-electron chi connectivity index (χ3n) is 2.41.